The Morgan fingerprint density at radius 1 is 0.348 bits per heavy atom. The molecule has 0 spiro atoms. The van der Waals surface area contributed by atoms with Crippen molar-refractivity contribution in [3.8, 4) is 66.8 Å². The number of benzene rings is 9. The van der Waals surface area contributed by atoms with E-state index in [1.54, 1.807) is 0 Å². The third-order valence-corrected chi connectivity index (χ3v) is 15.9. The molecule has 0 saturated heterocycles. The normalized spacial score (nSPS) is 15.8. The predicted octanol–water partition coefficient (Wildman–Crippen LogP) is 18.1. The van der Waals surface area contributed by atoms with Crippen LogP contribution in [-0.4, -0.2) is 0 Å². The molecule has 0 aromatic heterocycles. The van der Waals surface area contributed by atoms with Gasteiger partial charge in [0.2, 0.25) is 0 Å². The molecule has 0 N–H and O–H groups in total. The molecule has 0 atom stereocenters. The molecule has 9 aromatic rings. The third-order valence-electron chi connectivity index (χ3n) is 15.9. The molecule has 0 radical (unpaired) electrons. The van der Waals surface area contributed by atoms with Crippen LogP contribution in [0.15, 0.2) is 200 Å². The lowest BCUT2D eigenvalue weighted by Gasteiger charge is -2.25. The molecule has 3 aliphatic carbocycles. The maximum Gasteiger partial charge on any atom is 0.0159 e. The van der Waals surface area contributed by atoms with Crippen LogP contribution in [0.1, 0.15) is 81.8 Å². The van der Waals surface area contributed by atoms with E-state index >= 15 is 0 Å². The van der Waals surface area contributed by atoms with E-state index in [2.05, 4.69) is 237 Å². The maximum absolute atomic E-state index is 3.99. The standard InChI is InChI=1S/C66H54/c1-9-10-25-56-40(2)45-32-31-44(39-59(45)64(56,3)4)62-52-23-13-14-24-53(52)63(51-22-12-11-19-46(51)43-30-34-50-48-21-16-18-27-58(48)66(7,8)61(50)38-43)54-35-29-41(36-55(54)62)42-28-33-49-47-20-15-17-26-57(47)65(5,6)60(49)37-42/h9-39H,1H2,2-8H3/b25-10-. The van der Waals surface area contributed by atoms with E-state index in [0.717, 1.165) is 0 Å². The number of allylic oxidation sites excluding steroid dienone is 5. The first-order valence-electron chi connectivity index (χ1n) is 23.6. The van der Waals surface area contributed by atoms with Gasteiger partial charge in [0.05, 0.1) is 0 Å². The molecule has 0 fully saturated rings. The summed E-state index contributed by atoms with van der Waals surface area (Å²) < 4.78 is 0. The van der Waals surface area contributed by atoms with Crippen LogP contribution in [0.4, 0.5) is 0 Å². The Hall–Kier alpha value is -7.28. The van der Waals surface area contributed by atoms with E-state index in [-0.39, 0.29) is 16.2 Å². The molecule has 0 unspecified atom stereocenters. The van der Waals surface area contributed by atoms with Crippen LogP contribution in [-0.2, 0) is 16.2 Å². The van der Waals surface area contributed by atoms with E-state index in [4.69, 9.17) is 0 Å². The minimum atomic E-state index is -0.162. The molecule has 0 saturated carbocycles. The summed E-state index contributed by atoms with van der Waals surface area (Å²) in [6.07, 6.45) is 6.21. The lowest BCUT2D eigenvalue weighted by atomic mass is 9.78. The van der Waals surface area contributed by atoms with Crippen molar-refractivity contribution in [2.24, 2.45) is 0 Å². The number of fused-ring (bicyclic) bond motifs is 9. The van der Waals surface area contributed by atoms with Gasteiger partial charge in [-0.1, -0.05) is 212 Å². The van der Waals surface area contributed by atoms with Crippen molar-refractivity contribution in [2.75, 3.05) is 0 Å². The van der Waals surface area contributed by atoms with Gasteiger partial charge in [0.15, 0.2) is 0 Å². The molecule has 318 valence electrons. The summed E-state index contributed by atoms with van der Waals surface area (Å²) in [4.78, 5) is 0. The Morgan fingerprint density at radius 3 is 1.44 bits per heavy atom. The van der Waals surface area contributed by atoms with Crippen molar-refractivity contribution in [3.05, 3.63) is 234 Å². The third kappa shape index (κ3) is 5.64. The van der Waals surface area contributed by atoms with Crippen molar-refractivity contribution < 1.29 is 0 Å². The van der Waals surface area contributed by atoms with Gasteiger partial charge in [0.25, 0.3) is 0 Å². The lowest BCUT2D eigenvalue weighted by molar-refractivity contribution is 0.654. The van der Waals surface area contributed by atoms with Gasteiger partial charge in [-0.2, -0.15) is 0 Å². The lowest BCUT2D eigenvalue weighted by Crippen LogP contribution is -2.16. The zero-order chi connectivity index (χ0) is 45.3. The van der Waals surface area contributed by atoms with Gasteiger partial charge in [-0.05, 0) is 164 Å². The average molecular weight is 847 g/mol. The zero-order valence-electron chi connectivity index (χ0n) is 39.1. The molecule has 12 rings (SSSR count). The van der Waals surface area contributed by atoms with Crippen LogP contribution in [0.25, 0.3) is 93.9 Å². The van der Waals surface area contributed by atoms with E-state index < -0.39 is 0 Å². The number of hydrogen-bond acceptors (Lipinski definition) is 0. The highest BCUT2D eigenvalue weighted by molar-refractivity contribution is 6.23. The van der Waals surface area contributed by atoms with Gasteiger partial charge in [-0.25, -0.2) is 0 Å². The van der Waals surface area contributed by atoms with Crippen molar-refractivity contribution in [2.45, 2.75) is 64.7 Å². The predicted molar refractivity (Wildman–Crippen MR) is 283 cm³/mol. The first-order valence-corrected chi connectivity index (χ1v) is 23.6. The Bertz CT molecular complexity index is 3630. The molecular weight excluding hydrogens is 793 g/mol. The van der Waals surface area contributed by atoms with Gasteiger partial charge in [0, 0.05) is 16.2 Å². The van der Waals surface area contributed by atoms with Crippen LogP contribution >= 0.6 is 0 Å². The number of hydrogen-bond donors (Lipinski definition) is 0. The summed E-state index contributed by atoms with van der Waals surface area (Å²) >= 11 is 0. The van der Waals surface area contributed by atoms with Crippen LogP contribution in [0, 0.1) is 0 Å². The summed E-state index contributed by atoms with van der Waals surface area (Å²) in [5, 5.41) is 5.04. The second-order valence-electron chi connectivity index (χ2n) is 20.5. The highest BCUT2D eigenvalue weighted by Gasteiger charge is 2.38. The molecule has 3 aliphatic rings. The van der Waals surface area contributed by atoms with Crippen LogP contribution in [0.2, 0.25) is 0 Å². The molecule has 0 heteroatoms. The molecular formula is C66H54. The van der Waals surface area contributed by atoms with Crippen LogP contribution < -0.4 is 0 Å². The number of rotatable bonds is 6. The summed E-state index contributed by atoms with van der Waals surface area (Å²) in [6.45, 7) is 20.5. The van der Waals surface area contributed by atoms with E-state index in [0.29, 0.717) is 0 Å². The zero-order valence-corrected chi connectivity index (χ0v) is 39.1. The van der Waals surface area contributed by atoms with Crippen LogP contribution in [0.3, 0.4) is 0 Å². The first kappa shape index (κ1) is 40.2. The van der Waals surface area contributed by atoms with Crippen molar-refractivity contribution in [1.82, 2.24) is 0 Å². The minimum Gasteiger partial charge on any atom is -0.0991 e. The monoisotopic (exact) mass is 846 g/mol. The van der Waals surface area contributed by atoms with Gasteiger partial charge in [-0.15, -0.1) is 0 Å². The molecule has 0 aliphatic heterocycles. The van der Waals surface area contributed by atoms with Gasteiger partial charge in [-0.3, -0.25) is 0 Å². The highest BCUT2D eigenvalue weighted by Crippen LogP contribution is 2.54. The summed E-state index contributed by atoms with van der Waals surface area (Å²) in [6, 6.07) is 65.0. The summed E-state index contributed by atoms with van der Waals surface area (Å²) in [5.41, 5.74) is 26.0. The molecule has 0 bridgehead atoms. The first-order chi connectivity index (χ1) is 31.9. The second-order valence-corrected chi connectivity index (χ2v) is 20.5. The fraction of sp³-hybridized carbons (Fsp3) is 0.152. The SMILES string of the molecule is C=C/C=C\C1=C(C)c2ccc(-c3c4ccccc4c(-c4ccccc4-c4ccc5c(c4)C(C)(C)c4ccccc4-5)c4ccc(-c5ccc6c(c5)C(C)(C)c5ccccc5-6)cc34)cc2C1(C)C. The Balaban J connectivity index is 1.11. The Morgan fingerprint density at radius 2 is 0.788 bits per heavy atom. The quantitative estimate of drug-likeness (QED) is 0.116. The molecule has 66 heavy (non-hydrogen) atoms. The van der Waals surface area contributed by atoms with Crippen molar-refractivity contribution in [1.29, 1.82) is 0 Å². The summed E-state index contributed by atoms with van der Waals surface area (Å²) in [7, 11) is 0. The molecule has 0 nitrogen and oxygen atoms in total. The van der Waals surface area contributed by atoms with E-state index in [1.807, 2.05) is 6.08 Å². The fourth-order valence-electron chi connectivity index (χ4n) is 12.5. The maximum atomic E-state index is 3.99. The molecule has 9 aromatic carbocycles. The topological polar surface area (TPSA) is 0 Å². The Labute approximate surface area is 390 Å². The fourth-order valence-corrected chi connectivity index (χ4v) is 12.5. The van der Waals surface area contributed by atoms with E-state index in [9.17, 15) is 0 Å². The average Bonchev–Trinajstić information content (AvgIpc) is 3.80. The largest absolute Gasteiger partial charge is 0.0991 e. The van der Waals surface area contributed by atoms with Crippen molar-refractivity contribution >= 4 is 27.1 Å². The van der Waals surface area contributed by atoms with E-state index in [1.165, 1.54) is 133 Å². The van der Waals surface area contributed by atoms with Crippen molar-refractivity contribution in [3.63, 3.8) is 0 Å². The van der Waals surface area contributed by atoms with Crippen LogP contribution in [0.5, 0.6) is 0 Å². The molecule has 0 heterocycles. The second kappa shape index (κ2) is 14.4. The van der Waals surface area contributed by atoms with Gasteiger partial charge < -0.3 is 0 Å². The summed E-state index contributed by atoms with van der Waals surface area (Å²) in [5.74, 6) is 0. The highest BCUT2D eigenvalue weighted by atomic mass is 14.4. The minimum absolute atomic E-state index is 0.0876. The van der Waals surface area contributed by atoms with Gasteiger partial charge in [0.1, 0.15) is 0 Å². The molecule has 0 amide bonds. The Kier molecular flexibility index (Phi) is 8.76. The van der Waals surface area contributed by atoms with Gasteiger partial charge >= 0.3 is 0 Å². The smallest absolute Gasteiger partial charge is 0.0159 e.